The highest BCUT2D eigenvalue weighted by atomic mass is 32.2. The summed E-state index contributed by atoms with van der Waals surface area (Å²) in [7, 11) is 5.51. The fourth-order valence-corrected chi connectivity index (χ4v) is 2.61. The molecule has 0 aliphatic carbocycles. The van der Waals surface area contributed by atoms with Gasteiger partial charge in [0.15, 0.2) is 0 Å². The predicted octanol–water partition coefficient (Wildman–Crippen LogP) is 1.60. The molecule has 0 radical (unpaired) electrons. The summed E-state index contributed by atoms with van der Waals surface area (Å²) in [6, 6.07) is 3.93. The molecule has 0 bridgehead atoms. The van der Waals surface area contributed by atoms with Gasteiger partial charge in [0, 0.05) is 18.4 Å². The first kappa shape index (κ1) is 17.7. The van der Waals surface area contributed by atoms with Crippen molar-refractivity contribution in [3.8, 4) is 0 Å². The Morgan fingerprint density at radius 2 is 2.19 bits per heavy atom. The monoisotopic (exact) mass is 314 g/mol. The molecule has 1 aromatic rings. The fraction of sp³-hybridized carbons (Fsp3) is 0.615. The van der Waals surface area contributed by atoms with Gasteiger partial charge in [-0.15, -0.1) is 0 Å². The van der Waals surface area contributed by atoms with Gasteiger partial charge in [-0.3, -0.25) is 20.8 Å². The summed E-state index contributed by atoms with van der Waals surface area (Å²) in [6.45, 7) is 0.773. The Labute approximate surface area is 128 Å². The second-order valence-electron chi connectivity index (χ2n) is 4.85. The van der Waals surface area contributed by atoms with Crippen molar-refractivity contribution in [1.82, 2.24) is 4.90 Å². The van der Waals surface area contributed by atoms with Gasteiger partial charge in [-0.1, -0.05) is 0 Å². The Balaban J connectivity index is 2.33. The zero-order valence-corrected chi connectivity index (χ0v) is 13.4. The van der Waals surface area contributed by atoms with E-state index in [1.807, 2.05) is 31.1 Å². The molecule has 1 aromatic heterocycles. The van der Waals surface area contributed by atoms with Crippen LogP contribution in [0.5, 0.6) is 0 Å². The number of aliphatic imine (C=N–C) groups is 1. The molecule has 0 saturated carbocycles. The molecule has 1 unspecified atom stereocenters. The number of rotatable bonds is 9. The van der Waals surface area contributed by atoms with E-state index in [2.05, 4.69) is 4.99 Å². The van der Waals surface area contributed by atoms with E-state index in [1.165, 1.54) is 7.05 Å². The molecule has 7 nitrogen and oxygen atoms in total. The average Bonchev–Trinajstić information content (AvgIpc) is 2.84. The molecule has 0 aliphatic rings. The second kappa shape index (κ2) is 8.81. The van der Waals surface area contributed by atoms with Crippen molar-refractivity contribution in [2.45, 2.75) is 24.9 Å². The van der Waals surface area contributed by atoms with E-state index in [9.17, 15) is 10.1 Å². The van der Waals surface area contributed by atoms with Gasteiger partial charge in [0.1, 0.15) is 17.2 Å². The van der Waals surface area contributed by atoms with Gasteiger partial charge in [-0.25, -0.2) is 0 Å². The second-order valence-corrected chi connectivity index (χ2v) is 5.96. The molecule has 118 valence electrons. The lowest BCUT2D eigenvalue weighted by Crippen LogP contribution is -2.38. The maximum atomic E-state index is 10.6. The third kappa shape index (κ3) is 6.28. The van der Waals surface area contributed by atoms with E-state index in [0.29, 0.717) is 12.1 Å². The minimum absolute atomic E-state index is 0.417. The first-order valence-electron chi connectivity index (χ1n) is 6.58. The van der Waals surface area contributed by atoms with Gasteiger partial charge < -0.3 is 9.32 Å². The summed E-state index contributed by atoms with van der Waals surface area (Å²) in [5, 5.41) is 10.6. The number of nitrogens with two attached hydrogens (primary N) is 1. The minimum Gasteiger partial charge on any atom is -0.464 e. The number of thioether (sulfide) groups is 1. The Bertz CT molecular complexity index is 488. The lowest BCUT2D eigenvalue weighted by molar-refractivity contribution is -0.501. The van der Waals surface area contributed by atoms with Crippen LogP contribution in [0.1, 0.15) is 17.9 Å². The molecule has 0 aromatic carbocycles. The van der Waals surface area contributed by atoms with Crippen molar-refractivity contribution >= 4 is 17.5 Å². The van der Waals surface area contributed by atoms with Gasteiger partial charge >= 0.3 is 6.17 Å². The highest BCUT2D eigenvalue weighted by Gasteiger charge is 2.20. The van der Waals surface area contributed by atoms with Crippen LogP contribution in [0.3, 0.4) is 0 Å². The zero-order chi connectivity index (χ0) is 15.8. The molecule has 0 spiro atoms. The summed E-state index contributed by atoms with van der Waals surface area (Å²) in [6.07, 6.45) is -0.694. The van der Waals surface area contributed by atoms with Crippen molar-refractivity contribution < 1.29 is 9.34 Å². The highest BCUT2D eigenvalue weighted by Crippen LogP contribution is 2.17. The Morgan fingerprint density at radius 1 is 1.52 bits per heavy atom. The van der Waals surface area contributed by atoms with Crippen LogP contribution in [0.15, 0.2) is 21.5 Å². The first-order valence-corrected chi connectivity index (χ1v) is 7.74. The molecular formula is C13H22N4O3S. The predicted molar refractivity (Wildman–Crippen MR) is 85.2 cm³/mol. The quantitative estimate of drug-likeness (QED) is 0.244. The fourth-order valence-electron chi connectivity index (χ4n) is 1.76. The SMILES string of the molecule is CN=C(CCSCc1ccc(CN(C)C)o1)C(N)[N+](=O)[O-]. The molecule has 1 atom stereocenters. The van der Waals surface area contributed by atoms with Crippen molar-refractivity contribution in [3.63, 3.8) is 0 Å². The minimum atomic E-state index is -1.20. The van der Waals surface area contributed by atoms with E-state index < -0.39 is 11.1 Å². The standard InChI is InChI=1S/C13H22N4O3S/c1-15-12(13(14)17(18)19)6-7-21-9-11-5-4-10(20-11)8-16(2)3/h4-5,13H,6-9,14H2,1-3H3. The van der Waals surface area contributed by atoms with E-state index in [4.69, 9.17) is 10.2 Å². The van der Waals surface area contributed by atoms with Crippen LogP contribution in [0, 0.1) is 10.1 Å². The summed E-state index contributed by atoms with van der Waals surface area (Å²) >= 11 is 1.65. The topological polar surface area (TPSA) is 97.9 Å². The Hall–Kier alpha value is -1.38. The van der Waals surface area contributed by atoms with Crippen LogP contribution in [-0.2, 0) is 12.3 Å². The van der Waals surface area contributed by atoms with Crippen LogP contribution >= 0.6 is 11.8 Å². The van der Waals surface area contributed by atoms with Crippen molar-refractivity contribution in [2.75, 3.05) is 26.9 Å². The van der Waals surface area contributed by atoms with Crippen LogP contribution in [0.2, 0.25) is 0 Å². The van der Waals surface area contributed by atoms with Crippen molar-refractivity contribution in [1.29, 1.82) is 0 Å². The zero-order valence-electron chi connectivity index (χ0n) is 12.6. The van der Waals surface area contributed by atoms with Crippen LogP contribution in [0.25, 0.3) is 0 Å². The third-order valence-corrected chi connectivity index (χ3v) is 3.77. The first-order chi connectivity index (χ1) is 9.93. The van der Waals surface area contributed by atoms with Crippen molar-refractivity contribution in [3.05, 3.63) is 33.8 Å². The van der Waals surface area contributed by atoms with Gasteiger partial charge in [0.2, 0.25) is 0 Å². The van der Waals surface area contributed by atoms with E-state index in [0.717, 1.165) is 29.6 Å². The highest BCUT2D eigenvalue weighted by molar-refractivity contribution is 7.98. The normalized spacial score (nSPS) is 13.7. The van der Waals surface area contributed by atoms with Gasteiger partial charge in [0.05, 0.1) is 12.3 Å². The van der Waals surface area contributed by atoms with Gasteiger partial charge in [0.25, 0.3) is 0 Å². The van der Waals surface area contributed by atoms with E-state index >= 15 is 0 Å². The number of furan rings is 1. The Kier molecular flexibility index (Phi) is 7.41. The summed E-state index contributed by atoms with van der Waals surface area (Å²) in [5.74, 6) is 3.29. The summed E-state index contributed by atoms with van der Waals surface area (Å²) < 4.78 is 5.69. The van der Waals surface area contributed by atoms with Gasteiger partial charge in [-0.2, -0.15) is 11.8 Å². The number of hydrogen-bond acceptors (Lipinski definition) is 7. The molecule has 0 fully saturated rings. The van der Waals surface area contributed by atoms with Crippen LogP contribution in [0.4, 0.5) is 0 Å². The molecule has 0 saturated heterocycles. The molecule has 1 heterocycles. The molecule has 2 N–H and O–H groups in total. The summed E-state index contributed by atoms with van der Waals surface area (Å²) in [5.41, 5.74) is 5.87. The Morgan fingerprint density at radius 3 is 2.76 bits per heavy atom. The third-order valence-electron chi connectivity index (χ3n) is 2.79. The van der Waals surface area contributed by atoms with E-state index in [-0.39, 0.29) is 0 Å². The maximum absolute atomic E-state index is 10.6. The average molecular weight is 314 g/mol. The summed E-state index contributed by atoms with van der Waals surface area (Å²) in [4.78, 5) is 16.0. The maximum Gasteiger partial charge on any atom is 0.301 e. The lowest BCUT2D eigenvalue weighted by atomic mass is 10.2. The number of nitro groups is 1. The molecule has 8 heteroatoms. The van der Waals surface area contributed by atoms with Crippen LogP contribution < -0.4 is 5.73 Å². The smallest absolute Gasteiger partial charge is 0.301 e. The van der Waals surface area contributed by atoms with E-state index in [1.54, 1.807) is 11.8 Å². The lowest BCUT2D eigenvalue weighted by Gasteiger charge is -2.07. The molecule has 0 aliphatic heterocycles. The molecule has 1 rings (SSSR count). The number of nitrogens with zero attached hydrogens (tertiary/aromatic N) is 3. The molecule has 21 heavy (non-hydrogen) atoms. The van der Waals surface area contributed by atoms with Gasteiger partial charge in [-0.05, 0) is 32.0 Å². The largest absolute Gasteiger partial charge is 0.464 e. The van der Waals surface area contributed by atoms with Crippen LogP contribution in [-0.4, -0.2) is 48.6 Å². The molecular weight excluding hydrogens is 292 g/mol. The number of hydrogen-bond donors (Lipinski definition) is 1. The van der Waals surface area contributed by atoms with Crippen molar-refractivity contribution in [2.24, 2.45) is 10.7 Å². The molecule has 0 amide bonds.